The maximum atomic E-state index is 13.2. The lowest BCUT2D eigenvalue weighted by molar-refractivity contribution is -0.163. The molecule has 37 heavy (non-hydrogen) atoms. The normalized spacial score (nSPS) is 13.0. The van der Waals surface area contributed by atoms with E-state index in [4.69, 9.17) is 4.74 Å². The summed E-state index contributed by atoms with van der Waals surface area (Å²) in [5.74, 6) is -7.22. The molecule has 0 aliphatic carbocycles. The number of esters is 2. The van der Waals surface area contributed by atoms with Gasteiger partial charge in [-0.1, -0.05) is 67.6 Å². The number of rotatable bonds is 12. The molecule has 0 unspecified atom stereocenters. The van der Waals surface area contributed by atoms with Gasteiger partial charge in [0, 0.05) is 12.3 Å². The van der Waals surface area contributed by atoms with E-state index in [0.717, 1.165) is 19.8 Å². The lowest BCUT2D eigenvalue weighted by atomic mass is 9.87. The fourth-order valence-electron chi connectivity index (χ4n) is 3.61. The molecule has 3 atom stereocenters. The van der Waals surface area contributed by atoms with Gasteiger partial charge in [-0.15, -0.1) is 0 Å². The minimum atomic E-state index is -1.68. The SMILES string of the molecule is COC(=O)C(C(=O)OC)[C@H](C)[C@H](NC(=O)[C@@H](Cc1ccccc1)NC(=O)OCc1ccccc1)C(=O)O. The fraction of sp³-hybridized carbons (Fsp3) is 0.346. The van der Waals surface area contributed by atoms with Crippen molar-refractivity contribution in [3.63, 3.8) is 0 Å². The van der Waals surface area contributed by atoms with Crippen molar-refractivity contribution in [2.45, 2.75) is 32.0 Å². The maximum Gasteiger partial charge on any atom is 0.408 e. The molecule has 2 amide bonds. The molecule has 0 spiro atoms. The van der Waals surface area contributed by atoms with Gasteiger partial charge in [0.15, 0.2) is 5.92 Å². The van der Waals surface area contributed by atoms with Gasteiger partial charge in [0.1, 0.15) is 18.7 Å². The Balaban J connectivity index is 2.22. The largest absolute Gasteiger partial charge is 0.480 e. The van der Waals surface area contributed by atoms with Crippen LogP contribution in [0.25, 0.3) is 0 Å². The first-order chi connectivity index (χ1) is 17.7. The molecule has 0 heterocycles. The first-order valence-electron chi connectivity index (χ1n) is 11.4. The first kappa shape index (κ1) is 28.8. The third kappa shape index (κ3) is 8.64. The molecule has 198 valence electrons. The number of hydrogen-bond donors (Lipinski definition) is 3. The summed E-state index contributed by atoms with van der Waals surface area (Å²) in [5, 5.41) is 14.6. The highest BCUT2D eigenvalue weighted by Crippen LogP contribution is 2.20. The number of carboxylic acid groups (broad SMARTS) is 1. The van der Waals surface area contributed by atoms with Crippen LogP contribution in [0.3, 0.4) is 0 Å². The molecular formula is C26H30N2O9. The third-order valence-corrected chi connectivity index (χ3v) is 5.63. The molecule has 0 saturated heterocycles. The van der Waals surface area contributed by atoms with Crippen LogP contribution in [-0.4, -0.2) is 61.3 Å². The molecular weight excluding hydrogens is 484 g/mol. The predicted octanol–water partition coefficient (Wildman–Crippen LogP) is 1.69. The van der Waals surface area contributed by atoms with E-state index in [9.17, 15) is 29.1 Å². The fourth-order valence-corrected chi connectivity index (χ4v) is 3.61. The summed E-state index contributed by atoms with van der Waals surface area (Å²) < 4.78 is 14.4. The summed E-state index contributed by atoms with van der Waals surface area (Å²) in [6.45, 7) is 1.26. The van der Waals surface area contributed by atoms with Crippen molar-refractivity contribution in [2.75, 3.05) is 14.2 Å². The van der Waals surface area contributed by atoms with Gasteiger partial charge in [-0.2, -0.15) is 0 Å². The van der Waals surface area contributed by atoms with Crippen LogP contribution in [0.5, 0.6) is 0 Å². The molecule has 2 aromatic carbocycles. The van der Waals surface area contributed by atoms with Gasteiger partial charge < -0.3 is 30.0 Å². The number of carbonyl (C=O) groups excluding carboxylic acids is 4. The minimum absolute atomic E-state index is 0.0191. The topological polar surface area (TPSA) is 157 Å². The lowest BCUT2D eigenvalue weighted by Crippen LogP contribution is -2.56. The summed E-state index contributed by atoms with van der Waals surface area (Å²) in [7, 11) is 2.08. The molecule has 0 fully saturated rings. The van der Waals surface area contributed by atoms with Crippen molar-refractivity contribution < 1.29 is 43.3 Å². The van der Waals surface area contributed by atoms with Crippen LogP contribution in [0.15, 0.2) is 60.7 Å². The highest BCUT2D eigenvalue weighted by Gasteiger charge is 2.42. The van der Waals surface area contributed by atoms with E-state index in [1.807, 2.05) is 6.07 Å². The van der Waals surface area contributed by atoms with Gasteiger partial charge >= 0.3 is 24.0 Å². The smallest absolute Gasteiger partial charge is 0.408 e. The Hall–Kier alpha value is -4.41. The van der Waals surface area contributed by atoms with E-state index in [-0.39, 0.29) is 13.0 Å². The minimum Gasteiger partial charge on any atom is -0.480 e. The second kappa shape index (κ2) is 14.2. The number of nitrogens with one attached hydrogen (secondary N) is 2. The lowest BCUT2D eigenvalue weighted by Gasteiger charge is -2.27. The van der Waals surface area contributed by atoms with Crippen molar-refractivity contribution in [3.05, 3.63) is 71.8 Å². The summed E-state index contributed by atoms with van der Waals surface area (Å²) in [5.41, 5.74) is 1.42. The average molecular weight is 515 g/mol. The Bertz CT molecular complexity index is 1060. The number of hydrogen-bond acceptors (Lipinski definition) is 8. The summed E-state index contributed by atoms with van der Waals surface area (Å²) in [6.07, 6.45) is -0.868. The quantitative estimate of drug-likeness (QED) is 0.218. The van der Waals surface area contributed by atoms with Gasteiger partial charge in [0.25, 0.3) is 0 Å². The molecule has 3 N–H and O–H groups in total. The molecule has 0 radical (unpaired) electrons. The Kier molecular flexibility index (Phi) is 11.1. The number of alkyl carbamates (subject to hydrolysis) is 1. The molecule has 0 aromatic heterocycles. The number of amides is 2. The molecule has 0 aliphatic heterocycles. The second-order valence-electron chi connectivity index (χ2n) is 8.16. The highest BCUT2D eigenvalue weighted by atomic mass is 16.6. The van der Waals surface area contributed by atoms with E-state index in [0.29, 0.717) is 5.56 Å². The van der Waals surface area contributed by atoms with Gasteiger partial charge in [-0.25, -0.2) is 9.59 Å². The molecule has 0 bridgehead atoms. The third-order valence-electron chi connectivity index (χ3n) is 5.63. The summed E-state index contributed by atoms with van der Waals surface area (Å²) in [4.78, 5) is 62.1. The Labute approximate surface area is 214 Å². The zero-order chi connectivity index (χ0) is 27.4. The predicted molar refractivity (Wildman–Crippen MR) is 130 cm³/mol. The van der Waals surface area contributed by atoms with Crippen LogP contribution in [0.4, 0.5) is 4.79 Å². The van der Waals surface area contributed by atoms with Crippen molar-refractivity contribution in [3.8, 4) is 0 Å². The zero-order valence-corrected chi connectivity index (χ0v) is 20.7. The molecule has 0 saturated carbocycles. The van der Waals surface area contributed by atoms with Crippen molar-refractivity contribution in [1.82, 2.24) is 10.6 Å². The number of aliphatic carboxylic acids is 1. The van der Waals surface area contributed by atoms with Crippen LogP contribution in [0.1, 0.15) is 18.1 Å². The second-order valence-corrected chi connectivity index (χ2v) is 8.16. The molecule has 11 nitrogen and oxygen atoms in total. The molecule has 0 aliphatic rings. The van der Waals surface area contributed by atoms with Gasteiger partial charge in [-0.3, -0.25) is 14.4 Å². The van der Waals surface area contributed by atoms with Gasteiger partial charge in [-0.05, 0) is 11.1 Å². The average Bonchev–Trinajstić information content (AvgIpc) is 2.90. The van der Waals surface area contributed by atoms with Gasteiger partial charge in [0.05, 0.1) is 14.2 Å². The van der Waals surface area contributed by atoms with E-state index in [1.54, 1.807) is 54.6 Å². The van der Waals surface area contributed by atoms with E-state index in [1.165, 1.54) is 6.92 Å². The Morgan fingerprint density at radius 1 is 0.811 bits per heavy atom. The van der Waals surface area contributed by atoms with Crippen LogP contribution in [0, 0.1) is 11.8 Å². The van der Waals surface area contributed by atoms with Gasteiger partial charge in [0.2, 0.25) is 5.91 Å². The zero-order valence-electron chi connectivity index (χ0n) is 20.7. The van der Waals surface area contributed by atoms with Crippen molar-refractivity contribution in [2.24, 2.45) is 11.8 Å². The van der Waals surface area contributed by atoms with E-state index >= 15 is 0 Å². The van der Waals surface area contributed by atoms with Crippen molar-refractivity contribution in [1.29, 1.82) is 0 Å². The number of carbonyl (C=O) groups is 5. The first-order valence-corrected chi connectivity index (χ1v) is 11.4. The molecule has 2 aromatic rings. The Morgan fingerprint density at radius 2 is 1.32 bits per heavy atom. The standard InChI is InChI=1S/C26H30N2O9/c1-16(20(24(32)35-2)25(33)36-3)21(23(30)31)28-22(29)19(14-17-10-6-4-7-11-17)27-26(34)37-15-18-12-8-5-9-13-18/h4-13,16,19-21H,14-15H2,1-3H3,(H,27,34)(H,28,29)(H,30,31)/t16-,19+,21-/m0/s1. The Morgan fingerprint density at radius 3 is 1.81 bits per heavy atom. The summed E-state index contributed by atoms with van der Waals surface area (Å²) in [6, 6.07) is 14.7. The van der Waals surface area contributed by atoms with E-state index in [2.05, 4.69) is 20.1 Å². The highest BCUT2D eigenvalue weighted by molar-refractivity contribution is 5.96. The number of carboxylic acids is 1. The van der Waals surface area contributed by atoms with Crippen LogP contribution in [0.2, 0.25) is 0 Å². The summed E-state index contributed by atoms with van der Waals surface area (Å²) >= 11 is 0. The number of ether oxygens (including phenoxy) is 3. The molecule has 2 rings (SSSR count). The molecule has 11 heteroatoms. The maximum absolute atomic E-state index is 13.2. The van der Waals surface area contributed by atoms with Crippen LogP contribution in [-0.2, 0) is 46.4 Å². The number of benzene rings is 2. The van der Waals surface area contributed by atoms with Crippen LogP contribution >= 0.6 is 0 Å². The van der Waals surface area contributed by atoms with Crippen LogP contribution < -0.4 is 10.6 Å². The number of methoxy groups -OCH3 is 2. The monoisotopic (exact) mass is 514 g/mol. The van der Waals surface area contributed by atoms with E-state index < -0.39 is 53.8 Å². The van der Waals surface area contributed by atoms with Crippen molar-refractivity contribution >= 4 is 29.9 Å².